The highest BCUT2D eigenvalue weighted by molar-refractivity contribution is 6.42. The number of carbonyl (C=O) groups excluding carboxylic acids is 1. The topological polar surface area (TPSA) is 31.2 Å². The van der Waals surface area contributed by atoms with Crippen molar-refractivity contribution in [3.05, 3.63) is 52.3 Å². The van der Waals surface area contributed by atoms with Gasteiger partial charge in [-0.05, 0) is 18.2 Å². The molecule has 0 unspecified atom stereocenters. The van der Waals surface area contributed by atoms with Crippen molar-refractivity contribution in [3.8, 4) is 5.75 Å². The molecule has 94 valence electrons. The van der Waals surface area contributed by atoms with Crippen LogP contribution in [-0.2, 0) is 7.05 Å². The van der Waals surface area contributed by atoms with Gasteiger partial charge in [-0.25, -0.2) is 0 Å². The maximum atomic E-state index is 11.8. The molecule has 0 atom stereocenters. The first kappa shape index (κ1) is 13.0. The van der Waals surface area contributed by atoms with Crippen LogP contribution in [0.2, 0.25) is 10.0 Å². The molecule has 0 spiro atoms. The van der Waals surface area contributed by atoms with Crippen molar-refractivity contribution in [2.24, 2.45) is 7.05 Å². The highest BCUT2D eigenvalue weighted by Gasteiger charge is 2.10. The summed E-state index contributed by atoms with van der Waals surface area (Å²) in [6.45, 7) is -0.0654. The van der Waals surface area contributed by atoms with Gasteiger partial charge in [0.25, 0.3) is 0 Å². The molecule has 1 heterocycles. The first-order chi connectivity index (χ1) is 8.58. The summed E-state index contributed by atoms with van der Waals surface area (Å²) in [5.41, 5.74) is 0.607. The molecule has 0 aliphatic rings. The lowest BCUT2D eigenvalue weighted by Crippen LogP contribution is -2.11. The van der Waals surface area contributed by atoms with Crippen LogP contribution in [0.1, 0.15) is 10.4 Å². The quantitative estimate of drug-likeness (QED) is 0.803. The number of benzene rings is 1. The number of halogens is 2. The van der Waals surface area contributed by atoms with Crippen molar-refractivity contribution in [1.82, 2.24) is 4.57 Å². The van der Waals surface area contributed by atoms with E-state index in [0.29, 0.717) is 21.4 Å². The van der Waals surface area contributed by atoms with E-state index in [1.165, 1.54) is 0 Å². The first-order valence-electron chi connectivity index (χ1n) is 5.30. The van der Waals surface area contributed by atoms with Crippen LogP contribution in [0, 0.1) is 0 Å². The summed E-state index contributed by atoms with van der Waals surface area (Å²) in [6, 6.07) is 6.80. The Labute approximate surface area is 115 Å². The molecule has 18 heavy (non-hydrogen) atoms. The molecular formula is C13H11Cl2NO2. The summed E-state index contributed by atoms with van der Waals surface area (Å²) < 4.78 is 7.17. The van der Waals surface area contributed by atoms with Gasteiger partial charge in [-0.2, -0.15) is 0 Å². The third-order valence-electron chi connectivity index (χ3n) is 2.43. The molecule has 0 fully saturated rings. The maximum absolute atomic E-state index is 11.8. The largest absolute Gasteiger partial charge is 0.484 e. The fourth-order valence-electron chi connectivity index (χ4n) is 1.49. The standard InChI is InChI=1S/C13H11Cl2NO2/c1-16-6-5-9(7-16)11(17)8-18-12-4-2-3-10(14)13(12)15/h2-7H,8H2,1H3. The Bertz CT molecular complexity index is 578. The van der Waals surface area contributed by atoms with E-state index in [1.807, 2.05) is 7.05 Å². The number of hydrogen-bond donors (Lipinski definition) is 0. The molecule has 2 aromatic rings. The fourth-order valence-corrected chi connectivity index (χ4v) is 1.84. The minimum absolute atomic E-state index is 0.0654. The Hall–Kier alpha value is -1.45. The van der Waals surface area contributed by atoms with Crippen molar-refractivity contribution in [3.63, 3.8) is 0 Å². The van der Waals surface area contributed by atoms with Crippen LogP contribution in [0.5, 0.6) is 5.75 Å². The molecule has 1 aromatic heterocycles. The van der Waals surface area contributed by atoms with Crippen LogP contribution in [0.4, 0.5) is 0 Å². The molecule has 0 amide bonds. The van der Waals surface area contributed by atoms with Crippen LogP contribution in [0.15, 0.2) is 36.7 Å². The monoisotopic (exact) mass is 283 g/mol. The lowest BCUT2D eigenvalue weighted by atomic mass is 10.2. The van der Waals surface area contributed by atoms with E-state index in [-0.39, 0.29) is 12.4 Å². The molecule has 0 aliphatic heterocycles. The zero-order chi connectivity index (χ0) is 13.1. The summed E-state index contributed by atoms with van der Waals surface area (Å²) in [5.74, 6) is 0.306. The highest BCUT2D eigenvalue weighted by Crippen LogP contribution is 2.31. The van der Waals surface area contributed by atoms with Crippen LogP contribution in [-0.4, -0.2) is 17.0 Å². The Morgan fingerprint density at radius 3 is 2.78 bits per heavy atom. The Kier molecular flexibility index (Phi) is 3.94. The fraction of sp³-hybridized carbons (Fsp3) is 0.154. The molecule has 0 saturated carbocycles. The smallest absolute Gasteiger partial charge is 0.201 e. The van der Waals surface area contributed by atoms with Crippen molar-refractivity contribution < 1.29 is 9.53 Å². The molecule has 2 rings (SSSR count). The lowest BCUT2D eigenvalue weighted by Gasteiger charge is -2.07. The molecule has 3 nitrogen and oxygen atoms in total. The van der Waals surface area contributed by atoms with E-state index in [9.17, 15) is 4.79 Å². The Morgan fingerprint density at radius 2 is 2.11 bits per heavy atom. The predicted molar refractivity (Wildman–Crippen MR) is 71.7 cm³/mol. The number of nitrogens with zero attached hydrogens (tertiary/aromatic N) is 1. The van der Waals surface area contributed by atoms with Crippen molar-refractivity contribution >= 4 is 29.0 Å². The summed E-state index contributed by atoms with van der Waals surface area (Å²) in [4.78, 5) is 11.8. The van der Waals surface area contributed by atoms with Gasteiger partial charge in [0, 0.05) is 25.0 Å². The van der Waals surface area contributed by atoms with Crippen molar-refractivity contribution in [1.29, 1.82) is 0 Å². The number of ketones is 1. The maximum Gasteiger partial charge on any atom is 0.201 e. The van der Waals surface area contributed by atoms with Gasteiger partial charge in [0.05, 0.1) is 5.02 Å². The molecule has 1 aromatic carbocycles. The van der Waals surface area contributed by atoms with Crippen molar-refractivity contribution in [2.75, 3.05) is 6.61 Å². The average Bonchev–Trinajstić information content (AvgIpc) is 2.77. The molecule has 5 heteroatoms. The zero-order valence-electron chi connectivity index (χ0n) is 9.69. The minimum Gasteiger partial charge on any atom is -0.484 e. The van der Waals surface area contributed by atoms with Gasteiger partial charge in [0.1, 0.15) is 10.8 Å². The third kappa shape index (κ3) is 2.86. The average molecular weight is 284 g/mol. The number of aromatic nitrogens is 1. The summed E-state index contributed by atoms with van der Waals surface area (Å²) in [6.07, 6.45) is 3.55. The number of hydrogen-bond acceptors (Lipinski definition) is 2. The number of ether oxygens (including phenoxy) is 1. The lowest BCUT2D eigenvalue weighted by molar-refractivity contribution is 0.0921. The highest BCUT2D eigenvalue weighted by atomic mass is 35.5. The summed E-state index contributed by atoms with van der Waals surface area (Å²) in [5, 5.41) is 0.723. The van der Waals surface area contributed by atoms with E-state index in [4.69, 9.17) is 27.9 Å². The van der Waals surface area contributed by atoms with E-state index in [0.717, 1.165) is 0 Å². The van der Waals surface area contributed by atoms with Gasteiger partial charge < -0.3 is 9.30 Å². The van der Waals surface area contributed by atoms with Crippen LogP contribution in [0.3, 0.4) is 0 Å². The molecule has 0 N–H and O–H groups in total. The number of carbonyl (C=O) groups is 1. The molecule has 0 bridgehead atoms. The van der Waals surface area contributed by atoms with E-state index in [1.54, 1.807) is 41.2 Å². The van der Waals surface area contributed by atoms with E-state index < -0.39 is 0 Å². The van der Waals surface area contributed by atoms with Crippen LogP contribution >= 0.6 is 23.2 Å². The van der Waals surface area contributed by atoms with Gasteiger partial charge in [-0.15, -0.1) is 0 Å². The summed E-state index contributed by atoms with van der Waals surface area (Å²) >= 11 is 11.8. The van der Waals surface area contributed by atoms with Gasteiger partial charge >= 0.3 is 0 Å². The predicted octanol–water partition coefficient (Wildman–Crippen LogP) is 3.59. The Morgan fingerprint density at radius 1 is 1.33 bits per heavy atom. The third-order valence-corrected chi connectivity index (χ3v) is 3.23. The summed E-state index contributed by atoms with van der Waals surface area (Å²) in [7, 11) is 1.85. The second-order valence-corrected chi connectivity index (χ2v) is 4.61. The Balaban J connectivity index is 2.04. The van der Waals surface area contributed by atoms with Crippen LogP contribution < -0.4 is 4.74 Å². The van der Waals surface area contributed by atoms with E-state index >= 15 is 0 Å². The molecular weight excluding hydrogens is 273 g/mol. The van der Waals surface area contributed by atoms with Gasteiger partial charge in [0.2, 0.25) is 5.78 Å². The molecule has 0 saturated heterocycles. The SMILES string of the molecule is Cn1ccc(C(=O)COc2cccc(Cl)c2Cl)c1. The van der Waals surface area contributed by atoms with Gasteiger partial charge in [-0.3, -0.25) is 4.79 Å². The second-order valence-electron chi connectivity index (χ2n) is 3.83. The van der Waals surface area contributed by atoms with Gasteiger partial charge in [0.15, 0.2) is 6.61 Å². The zero-order valence-corrected chi connectivity index (χ0v) is 11.2. The van der Waals surface area contributed by atoms with E-state index in [2.05, 4.69) is 0 Å². The number of rotatable bonds is 4. The number of aryl methyl sites for hydroxylation is 1. The van der Waals surface area contributed by atoms with Gasteiger partial charge in [-0.1, -0.05) is 29.3 Å². The van der Waals surface area contributed by atoms with Crippen molar-refractivity contribution in [2.45, 2.75) is 0 Å². The second kappa shape index (κ2) is 5.46. The van der Waals surface area contributed by atoms with Crippen LogP contribution in [0.25, 0.3) is 0 Å². The normalized spacial score (nSPS) is 10.4. The minimum atomic E-state index is -0.105. The molecule has 0 aliphatic carbocycles. The molecule has 0 radical (unpaired) electrons. The first-order valence-corrected chi connectivity index (χ1v) is 6.05. The number of Topliss-reactive ketones (excluding diaryl/α,β-unsaturated/α-hetero) is 1.